The summed E-state index contributed by atoms with van der Waals surface area (Å²) in [5.41, 5.74) is 2.37. The van der Waals surface area contributed by atoms with Crippen molar-refractivity contribution in [1.29, 1.82) is 0 Å². The third-order valence-electron chi connectivity index (χ3n) is 6.54. The molecule has 190 valence electrons. The molecule has 1 fully saturated rings. The van der Waals surface area contributed by atoms with Crippen LogP contribution >= 0.6 is 0 Å². The molecule has 0 aromatic heterocycles. The molecule has 0 bridgehead atoms. The zero-order valence-corrected chi connectivity index (χ0v) is 20.9. The summed E-state index contributed by atoms with van der Waals surface area (Å²) in [7, 11) is 1.56. The van der Waals surface area contributed by atoms with E-state index in [-0.39, 0.29) is 12.3 Å². The van der Waals surface area contributed by atoms with Crippen LogP contribution in [0.3, 0.4) is 0 Å². The van der Waals surface area contributed by atoms with Gasteiger partial charge in [0.15, 0.2) is 0 Å². The van der Waals surface area contributed by atoms with E-state index in [4.69, 9.17) is 9.47 Å². The molecule has 2 aromatic carbocycles. The fraction of sp³-hybridized carbons (Fsp3) is 0.393. The monoisotopic (exact) mass is 491 g/mol. The number of imide groups is 1. The molecule has 8 nitrogen and oxygen atoms in total. The van der Waals surface area contributed by atoms with Crippen molar-refractivity contribution in [2.45, 2.75) is 51.5 Å². The molecule has 1 aliphatic heterocycles. The van der Waals surface area contributed by atoms with E-state index in [9.17, 15) is 14.4 Å². The van der Waals surface area contributed by atoms with Gasteiger partial charge in [-0.15, -0.1) is 0 Å². The van der Waals surface area contributed by atoms with Crippen LogP contribution in [0.5, 0.6) is 11.5 Å². The molecule has 1 N–H and O–H groups in total. The standard InChI is InChI=1S/C28H33N3O5/c1-3-36-24-13-9-21(10-14-24)29-26(32)19-25-27(33)31(22-11-15-23(35-2)16-12-22)28(34)30(25)18-17-20-7-5-4-6-8-20/h7,9-16,25H,3-6,8,17-19H2,1-2H3,(H,29,32)/t25-/m1/s1. The summed E-state index contributed by atoms with van der Waals surface area (Å²) in [5, 5.41) is 2.84. The van der Waals surface area contributed by atoms with Gasteiger partial charge in [-0.2, -0.15) is 0 Å². The lowest BCUT2D eigenvalue weighted by Gasteiger charge is -2.23. The van der Waals surface area contributed by atoms with Crippen LogP contribution in [0, 0.1) is 0 Å². The zero-order valence-electron chi connectivity index (χ0n) is 20.9. The number of nitrogens with one attached hydrogen (secondary N) is 1. The summed E-state index contributed by atoms with van der Waals surface area (Å²) in [5.74, 6) is 0.615. The number of nitrogens with zero attached hydrogens (tertiary/aromatic N) is 2. The number of anilines is 2. The zero-order chi connectivity index (χ0) is 25.5. The van der Waals surface area contributed by atoms with Crippen LogP contribution in [0.2, 0.25) is 0 Å². The van der Waals surface area contributed by atoms with Gasteiger partial charge in [-0.05, 0) is 87.6 Å². The van der Waals surface area contributed by atoms with Gasteiger partial charge in [0.1, 0.15) is 17.5 Å². The molecule has 0 saturated carbocycles. The first-order valence-corrected chi connectivity index (χ1v) is 12.5. The Morgan fingerprint density at radius 1 is 1.03 bits per heavy atom. The van der Waals surface area contributed by atoms with Crippen LogP contribution in [-0.2, 0) is 9.59 Å². The minimum atomic E-state index is -0.869. The van der Waals surface area contributed by atoms with Crippen LogP contribution in [0.15, 0.2) is 60.2 Å². The SMILES string of the molecule is CCOc1ccc(NC(=O)C[C@@H]2C(=O)N(c3ccc(OC)cc3)C(=O)N2CCC2=CCCCC2)cc1. The van der Waals surface area contributed by atoms with Gasteiger partial charge in [-0.3, -0.25) is 9.59 Å². The Hall–Kier alpha value is -3.81. The number of urea groups is 1. The van der Waals surface area contributed by atoms with E-state index in [1.165, 1.54) is 16.9 Å². The first-order valence-electron chi connectivity index (χ1n) is 12.5. The molecule has 1 aliphatic carbocycles. The fourth-order valence-electron chi connectivity index (χ4n) is 4.64. The number of carbonyl (C=O) groups is 3. The van der Waals surface area contributed by atoms with Gasteiger partial charge in [0.25, 0.3) is 5.91 Å². The lowest BCUT2D eigenvalue weighted by molar-refractivity contribution is -0.124. The topological polar surface area (TPSA) is 88.2 Å². The second-order valence-electron chi connectivity index (χ2n) is 8.93. The van der Waals surface area contributed by atoms with Gasteiger partial charge in [-0.1, -0.05) is 11.6 Å². The molecule has 0 radical (unpaired) electrons. The number of carbonyl (C=O) groups excluding carboxylic acids is 3. The highest BCUT2D eigenvalue weighted by Gasteiger charge is 2.46. The smallest absolute Gasteiger partial charge is 0.332 e. The first kappa shape index (κ1) is 25.3. The van der Waals surface area contributed by atoms with Crippen molar-refractivity contribution in [3.63, 3.8) is 0 Å². The van der Waals surface area contributed by atoms with Gasteiger partial charge in [0.05, 0.1) is 25.8 Å². The Morgan fingerprint density at radius 3 is 2.39 bits per heavy atom. The maximum atomic E-state index is 13.5. The van der Waals surface area contributed by atoms with E-state index >= 15 is 0 Å². The average Bonchev–Trinajstić information content (AvgIpc) is 3.13. The second kappa shape index (κ2) is 11.7. The number of amides is 4. The number of methoxy groups -OCH3 is 1. The Morgan fingerprint density at radius 2 is 1.75 bits per heavy atom. The molecule has 1 saturated heterocycles. The third kappa shape index (κ3) is 5.87. The molecule has 1 heterocycles. The molecule has 2 aromatic rings. The van der Waals surface area contributed by atoms with Gasteiger partial charge in [-0.25, -0.2) is 9.69 Å². The Bertz CT molecular complexity index is 1110. The van der Waals surface area contributed by atoms with Crippen LogP contribution in [0.4, 0.5) is 16.2 Å². The fourth-order valence-corrected chi connectivity index (χ4v) is 4.64. The van der Waals surface area contributed by atoms with E-state index in [2.05, 4.69) is 11.4 Å². The number of hydrogen-bond acceptors (Lipinski definition) is 5. The molecule has 1 atom stereocenters. The molecule has 4 amide bonds. The van der Waals surface area contributed by atoms with Crippen molar-refractivity contribution >= 4 is 29.2 Å². The van der Waals surface area contributed by atoms with E-state index in [0.717, 1.165) is 19.3 Å². The van der Waals surface area contributed by atoms with Crippen LogP contribution in [0.25, 0.3) is 0 Å². The summed E-state index contributed by atoms with van der Waals surface area (Å²) in [6.45, 7) is 2.85. The number of allylic oxidation sites excluding steroid dienone is 1. The molecule has 36 heavy (non-hydrogen) atoms. The predicted molar refractivity (Wildman–Crippen MR) is 138 cm³/mol. The summed E-state index contributed by atoms with van der Waals surface area (Å²) < 4.78 is 10.6. The van der Waals surface area contributed by atoms with Crippen molar-refractivity contribution in [1.82, 2.24) is 4.90 Å². The minimum Gasteiger partial charge on any atom is -0.497 e. The maximum Gasteiger partial charge on any atom is 0.332 e. The Kier molecular flexibility index (Phi) is 8.25. The third-order valence-corrected chi connectivity index (χ3v) is 6.54. The van der Waals surface area contributed by atoms with Crippen LogP contribution in [0.1, 0.15) is 45.4 Å². The predicted octanol–water partition coefficient (Wildman–Crippen LogP) is 5.15. The van der Waals surface area contributed by atoms with Crippen molar-refractivity contribution < 1.29 is 23.9 Å². The van der Waals surface area contributed by atoms with Crippen molar-refractivity contribution in [3.05, 3.63) is 60.2 Å². The Labute approximate surface area is 211 Å². The summed E-state index contributed by atoms with van der Waals surface area (Å²) >= 11 is 0. The van der Waals surface area contributed by atoms with E-state index < -0.39 is 18.0 Å². The van der Waals surface area contributed by atoms with Crippen molar-refractivity contribution in [3.8, 4) is 11.5 Å². The largest absolute Gasteiger partial charge is 0.497 e. The molecule has 8 heteroatoms. The van der Waals surface area contributed by atoms with Crippen LogP contribution < -0.4 is 19.7 Å². The van der Waals surface area contributed by atoms with Gasteiger partial charge in [0, 0.05) is 12.2 Å². The Balaban J connectivity index is 1.50. The van der Waals surface area contributed by atoms with Gasteiger partial charge >= 0.3 is 6.03 Å². The highest BCUT2D eigenvalue weighted by Crippen LogP contribution is 2.30. The average molecular weight is 492 g/mol. The molecule has 0 spiro atoms. The second-order valence-corrected chi connectivity index (χ2v) is 8.93. The molecule has 0 unspecified atom stereocenters. The normalized spacial score (nSPS) is 17.7. The summed E-state index contributed by atoms with van der Waals surface area (Å²) in [6, 6.07) is 12.6. The summed E-state index contributed by atoms with van der Waals surface area (Å²) in [4.78, 5) is 42.5. The van der Waals surface area contributed by atoms with Crippen LogP contribution in [-0.4, -0.2) is 49.0 Å². The number of rotatable bonds is 10. The maximum absolute atomic E-state index is 13.5. The minimum absolute atomic E-state index is 0.122. The van der Waals surface area contributed by atoms with Crippen molar-refractivity contribution in [2.75, 3.05) is 30.5 Å². The molecular formula is C28H33N3O5. The summed E-state index contributed by atoms with van der Waals surface area (Å²) in [6.07, 6.45) is 7.21. The molecule has 4 rings (SSSR count). The lowest BCUT2D eigenvalue weighted by Crippen LogP contribution is -2.38. The van der Waals surface area contributed by atoms with E-state index in [1.807, 2.05) is 6.92 Å². The number of hydrogen-bond donors (Lipinski definition) is 1. The van der Waals surface area contributed by atoms with Crippen molar-refractivity contribution in [2.24, 2.45) is 0 Å². The van der Waals surface area contributed by atoms with Gasteiger partial charge in [0.2, 0.25) is 5.91 Å². The lowest BCUT2D eigenvalue weighted by atomic mass is 9.97. The van der Waals surface area contributed by atoms with E-state index in [1.54, 1.807) is 60.5 Å². The quantitative estimate of drug-likeness (QED) is 0.367. The molecular weight excluding hydrogens is 458 g/mol. The van der Waals surface area contributed by atoms with E-state index in [0.29, 0.717) is 42.4 Å². The number of benzene rings is 2. The highest BCUT2D eigenvalue weighted by atomic mass is 16.5. The number of ether oxygens (including phenoxy) is 2. The highest BCUT2D eigenvalue weighted by molar-refractivity contribution is 6.22. The molecule has 2 aliphatic rings. The van der Waals surface area contributed by atoms with Gasteiger partial charge < -0.3 is 19.7 Å². The first-order chi connectivity index (χ1) is 17.5.